The summed E-state index contributed by atoms with van der Waals surface area (Å²) in [6, 6.07) is 11.9. The highest BCUT2D eigenvalue weighted by atomic mass is 16.5. The van der Waals surface area contributed by atoms with Crippen LogP contribution in [0.4, 0.5) is 5.69 Å². The molecule has 1 aliphatic rings. The van der Waals surface area contributed by atoms with E-state index >= 15 is 0 Å². The number of amides is 2. The van der Waals surface area contributed by atoms with E-state index in [1.165, 1.54) is 14.2 Å². The molecule has 7 heteroatoms. The molecule has 0 aromatic heterocycles. The van der Waals surface area contributed by atoms with Crippen molar-refractivity contribution in [1.29, 1.82) is 0 Å². The number of carbonyl (C=O) groups is 2. The molecule has 1 fully saturated rings. The normalized spacial score (nSPS) is 13.8. The van der Waals surface area contributed by atoms with Crippen LogP contribution in [-0.4, -0.2) is 57.2 Å². The Balaban J connectivity index is 1.83. The summed E-state index contributed by atoms with van der Waals surface area (Å²) < 4.78 is 15.7. The zero-order chi connectivity index (χ0) is 19.2. The van der Waals surface area contributed by atoms with Crippen molar-refractivity contribution < 1.29 is 23.8 Å². The van der Waals surface area contributed by atoms with Gasteiger partial charge in [-0.05, 0) is 24.3 Å². The number of rotatable bonds is 5. The Morgan fingerprint density at radius 1 is 1.00 bits per heavy atom. The number of nitrogens with one attached hydrogen (secondary N) is 1. The fourth-order valence-corrected chi connectivity index (χ4v) is 2.85. The van der Waals surface area contributed by atoms with E-state index in [9.17, 15) is 9.59 Å². The fraction of sp³-hybridized carbons (Fsp3) is 0.300. The Morgan fingerprint density at radius 2 is 1.63 bits per heavy atom. The Morgan fingerprint density at radius 3 is 2.26 bits per heavy atom. The lowest BCUT2D eigenvalue weighted by atomic mass is 10.1. The van der Waals surface area contributed by atoms with Crippen LogP contribution in [0.2, 0.25) is 0 Å². The van der Waals surface area contributed by atoms with Crippen LogP contribution < -0.4 is 14.8 Å². The first-order chi connectivity index (χ1) is 13.1. The van der Waals surface area contributed by atoms with Crippen molar-refractivity contribution in [1.82, 2.24) is 4.90 Å². The average Bonchev–Trinajstić information content (AvgIpc) is 2.73. The number of methoxy groups -OCH3 is 2. The number of nitrogens with zero attached hydrogens (tertiary/aromatic N) is 1. The van der Waals surface area contributed by atoms with Crippen LogP contribution in [0.1, 0.15) is 20.7 Å². The lowest BCUT2D eigenvalue weighted by Gasteiger charge is -2.27. The number of carbonyl (C=O) groups excluding carboxylic acids is 2. The van der Waals surface area contributed by atoms with E-state index in [1.807, 2.05) is 0 Å². The van der Waals surface area contributed by atoms with Gasteiger partial charge in [-0.15, -0.1) is 0 Å². The third kappa shape index (κ3) is 4.38. The summed E-state index contributed by atoms with van der Waals surface area (Å²) in [4.78, 5) is 27.3. The number of para-hydroxylation sites is 1. The molecule has 0 aliphatic carbocycles. The monoisotopic (exact) mass is 370 g/mol. The highest BCUT2D eigenvalue weighted by molar-refractivity contribution is 6.09. The molecule has 0 spiro atoms. The molecule has 0 bridgehead atoms. The van der Waals surface area contributed by atoms with Crippen LogP contribution in [0, 0.1) is 0 Å². The number of hydrogen-bond acceptors (Lipinski definition) is 5. The summed E-state index contributed by atoms with van der Waals surface area (Å²) in [5.74, 6) is 0.543. The average molecular weight is 370 g/mol. The molecule has 1 heterocycles. The minimum absolute atomic E-state index is 0.127. The first-order valence-electron chi connectivity index (χ1n) is 8.63. The van der Waals surface area contributed by atoms with E-state index in [4.69, 9.17) is 14.2 Å². The molecule has 2 aromatic rings. The second-order valence-electron chi connectivity index (χ2n) is 6.01. The molecule has 27 heavy (non-hydrogen) atoms. The predicted molar refractivity (Wildman–Crippen MR) is 101 cm³/mol. The minimum atomic E-state index is -0.352. The third-order valence-electron chi connectivity index (χ3n) is 4.32. The summed E-state index contributed by atoms with van der Waals surface area (Å²) in [7, 11) is 3.04. The Bertz CT molecular complexity index is 809. The lowest BCUT2D eigenvalue weighted by Crippen LogP contribution is -2.41. The van der Waals surface area contributed by atoms with Gasteiger partial charge in [0.05, 0.1) is 38.7 Å². The lowest BCUT2D eigenvalue weighted by molar-refractivity contribution is 0.0303. The summed E-state index contributed by atoms with van der Waals surface area (Å²) >= 11 is 0. The van der Waals surface area contributed by atoms with Crippen molar-refractivity contribution in [2.75, 3.05) is 45.8 Å². The maximum Gasteiger partial charge on any atom is 0.256 e. The molecule has 2 aromatic carbocycles. The fourth-order valence-electron chi connectivity index (χ4n) is 2.85. The molecule has 0 saturated carbocycles. The standard InChI is InChI=1S/C20H22N2O5/c1-25-15-11-14(12-16(13-15)26-2)19(23)21-18-6-4-3-5-17(18)20(24)22-7-9-27-10-8-22/h3-6,11-13H,7-10H2,1-2H3,(H,21,23). The van der Waals surface area contributed by atoms with Crippen molar-refractivity contribution in [2.24, 2.45) is 0 Å². The summed E-state index contributed by atoms with van der Waals surface area (Å²) in [6.07, 6.45) is 0. The van der Waals surface area contributed by atoms with Gasteiger partial charge in [-0.25, -0.2) is 0 Å². The van der Waals surface area contributed by atoms with E-state index in [0.29, 0.717) is 54.6 Å². The van der Waals surface area contributed by atoms with Crippen LogP contribution in [0.25, 0.3) is 0 Å². The zero-order valence-corrected chi connectivity index (χ0v) is 15.4. The number of morpholine rings is 1. The van der Waals surface area contributed by atoms with Gasteiger partial charge in [0.25, 0.3) is 11.8 Å². The van der Waals surface area contributed by atoms with E-state index in [0.717, 1.165) is 0 Å². The first-order valence-corrected chi connectivity index (χ1v) is 8.63. The van der Waals surface area contributed by atoms with Crippen molar-refractivity contribution >= 4 is 17.5 Å². The van der Waals surface area contributed by atoms with Gasteiger partial charge in [-0.1, -0.05) is 12.1 Å². The Kier molecular flexibility index (Phi) is 5.93. The molecular weight excluding hydrogens is 348 g/mol. The van der Waals surface area contributed by atoms with E-state index in [1.54, 1.807) is 47.4 Å². The van der Waals surface area contributed by atoms with Crippen LogP contribution in [-0.2, 0) is 4.74 Å². The predicted octanol–water partition coefficient (Wildman–Crippen LogP) is 2.43. The smallest absolute Gasteiger partial charge is 0.256 e. The van der Waals surface area contributed by atoms with Crippen molar-refractivity contribution in [3.05, 3.63) is 53.6 Å². The molecule has 0 unspecified atom stereocenters. The van der Waals surface area contributed by atoms with E-state index < -0.39 is 0 Å². The molecule has 7 nitrogen and oxygen atoms in total. The van der Waals surface area contributed by atoms with Gasteiger partial charge in [0.2, 0.25) is 0 Å². The van der Waals surface area contributed by atoms with E-state index in [-0.39, 0.29) is 11.8 Å². The molecule has 1 aliphatic heterocycles. The zero-order valence-electron chi connectivity index (χ0n) is 15.4. The molecule has 1 N–H and O–H groups in total. The van der Waals surface area contributed by atoms with Crippen molar-refractivity contribution in [3.63, 3.8) is 0 Å². The van der Waals surface area contributed by atoms with Crippen LogP contribution in [0.3, 0.4) is 0 Å². The largest absolute Gasteiger partial charge is 0.497 e. The van der Waals surface area contributed by atoms with Gasteiger partial charge in [0.15, 0.2) is 0 Å². The van der Waals surface area contributed by atoms with Crippen LogP contribution in [0.15, 0.2) is 42.5 Å². The second kappa shape index (κ2) is 8.55. The number of hydrogen-bond donors (Lipinski definition) is 1. The molecule has 142 valence electrons. The SMILES string of the molecule is COc1cc(OC)cc(C(=O)Nc2ccccc2C(=O)N2CCOCC2)c1. The van der Waals surface area contributed by atoms with Gasteiger partial charge < -0.3 is 24.4 Å². The number of benzene rings is 2. The molecular formula is C20H22N2O5. The van der Waals surface area contributed by atoms with Crippen molar-refractivity contribution in [2.45, 2.75) is 0 Å². The summed E-state index contributed by atoms with van der Waals surface area (Å²) in [6.45, 7) is 2.11. The first kappa shape index (κ1) is 18.7. The van der Waals surface area contributed by atoms with Gasteiger partial charge in [0.1, 0.15) is 11.5 Å². The molecule has 0 atom stereocenters. The van der Waals surface area contributed by atoms with Gasteiger partial charge >= 0.3 is 0 Å². The van der Waals surface area contributed by atoms with Gasteiger partial charge in [-0.3, -0.25) is 9.59 Å². The Labute approximate surface area is 157 Å². The number of ether oxygens (including phenoxy) is 3. The molecule has 1 saturated heterocycles. The minimum Gasteiger partial charge on any atom is -0.497 e. The quantitative estimate of drug-likeness (QED) is 0.875. The van der Waals surface area contributed by atoms with E-state index in [2.05, 4.69) is 5.32 Å². The van der Waals surface area contributed by atoms with Crippen LogP contribution >= 0.6 is 0 Å². The summed E-state index contributed by atoms with van der Waals surface area (Å²) in [5, 5.41) is 2.82. The highest BCUT2D eigenvalue weighted by Gasteiger charge is 2.22. The highest BCUT2D eigenvalue weighted by Crippen LogP contribution is 2.24. The van der Waals surface area contributed by atoms with Gasteiger partial charge in [-0.2, -0.15) is 0 Å². The molecule has 3 rings (SSSR count). The van der Waals surface area contributed by atoms with Gasteiger partial charge in [0, 0.05) is 24.7 Å². The van der Waals surface area contributed by atoms with Crippen molar-refractivity contribution in [3.8, 4) is 11.5 Å². The topological polar surface area (TPSA) is 77.1 Å². The maximum absolute atomic E-state index is 12.8. The maximum atomic E-state index is 12.8. The molecule has 0 radical (unpaired) electrons. The molecule has 2 amide bonds. The summed E-state index contributed by atoms with van der Waals surface area (Å²) in [5.41, 5.74) is 1.28. The van der Waals surface area contributed by atoms with Crippen LogP contribution in [0.5, 0.6) is 11.5 Å². The number of anilines is 1. The Hall–Kier alpha value is -3.06. The third-order valence-corrected chi connectivity index (χ3v) is 4.32. The second-order valence-corrected chi connectivity index (χ2v) is 6.01.